The number of ether oxygens (including phenoxy) is 1. The number of rotatable bonds is 8. The largest absolute Gasteiger partial charge is 0.399 e. The Morgan fingerprint density at radius 2 is 2.32 bits per heavy atom. The molecule has 1 unspecified atom stereocenters. The van der Waals surface area contributed by atoms with Crippen molar-refractivity contribution in [2.45, 2.75) is 25.4 Å². The Morgan fingerprint density at radius 3 is 3.00 bits per heavy atom. The smallest absolute Gasteiger partial charge is 0.220 e. The molecule has 1 atom stereocenters. The molecule has 0 aliphatic rings. The van der Waals surface area contributed by atoms with Crippen molar-refractivity contribution in [2.24, 2.45) is 0 Å². The van der Waals surface area contributed by atoms with Crippen LogP contribution in [0.25, 0.3) is 0 Å². The molecular formula is C14H22N2O3. The van der Waals surface area contributed by atoms with Gasteiger partial charge in [-0.05, 0) is 30.5 Å². The Kier molecular flexibility index (Phi) is 6.92. The van der Waals surface area contributed by atoms with E-state index in [-0.39, 0.29) is 5.91 Å². The van der Waals surface area contributed by atoms with Crippen LogP contribution in [0.5, 0.6) is 0 Å². The summed E-state index contributed by atoms with van der Waals surface area (Å²) in [5.74, 6) is -0.0213. The topological polar surface area (TPSA) is 84.6 Å². The predicted molar refractivity (Wildman–Crippen MR) is 74.7 cm³/mol. The maximum Gasteiger partial charge on any atom is 0.220 e. The number of aryl methyl sites for hydroxylation is 1. The molecule has 0 fully saturated rings. The van der Waals surface area contributed by atoms with Gasteiger partial charge in [0.25, 0.3) is 0 Å². The quantitative estimate of drug-likeness (QED) is 0.605. The summed E-state index contributed by atoms with van der Waals surface area (Å²) in [5.41, 5.74) is 7.43. The minimum atomic E-state index is -0.528. The summed E-state index contributed by atoms with van der Waals surface area (Å²) in [4.78, 5) is 11.6. The lowest BCUT2D eigenvalue weighted by Gasteiger charge is -2.10. The minimum absolute atomic E-state index is 0.0213. The molecule has 1 aromatic carbocycles. The molecule has 1 amide bonds. The van der Waals surface area contributed by atoms with Crippen molar-refractivity contribution in [3.05, 3.63) is 29.8 Å². The number of hydrogen-bond donors (Lipinski definition) is 3. The predicted octanol–water partition coefficient (Wildman–Crippen LogP) is 0.715. The van der Waals surface area contributed by atoms with Crippen LogP contribution in [0.3, 0.4) is 0 Å². The van der Waals surface area contributed by atoms with Gasteiger partial charge in [0.2, 0.25) is 5.91 Å². The zero-order valence-electron chi connectivity index (χ0n) is 11.3. The molecule has 1 aromatic rings. The molecule has 106 valence electrons. The van der Waals surface area contributed by atoms with Gasteiger partial charge in [0.05, 0.1) is 12.7 Å². The molecule has 0 heterocycles. The third kappa shape index (κ3) is 6.79. The van der Waals surface area contributed by atoms with Crippen LogP contribution in [-0.2, 0) is 16.0 Å². The lowest BCUT2D eigenvalue weighted by Crippen LogP contribution is -2.28. The maximum atomic E-state index is 11.6. The van der Waals surface area contributed by atoms with Gasteiger partial charge in [-0.25, -0.2) is 0 Å². The highest BCUT2D eigenvalue weighted by Gasteiger charge is 2.05. The van der Waals surface area contributed by atoms with E-state index in [1.54, 1.807) is 0 Å². The Balaban J connectivity index is 2.18. The van der Waals surface area contributed by atoms with Crippen LogP contribution in [-0.4, -0.2) is 37.4 Å². The van der Waals surface area contributed by atoms with Gasteiger partial charge in [0.15, 0.2) is 0 Å². The number of amides is 1. The standard InChI is InChI=1S/C14H22N2O3/c1-19-10-13(17)7-8-16-14(18)6-5-11-3-2-4-12(15)9-11/h2-4,9,13,17H,5-8,10,15H2,1H3,(H,16,18). The number of hydrogen-bond acceptors (Lipinski definition) is 4. The van der Waals surface area contributed by atoms with E-state index in [1.165, 1.54) is 7.11 Å². The fraction of sp³-hybridized carbons (Fsp3) is 0.500. The highest BCUT2D eigenvalue weighted by molar-refractivity contribution is 5.76. The fourth-order valence-corrected chi connectivity index (χ4v) is 1.75. The number of aliphatic hydroxyl groups is 1. The van der Waals surface area contributed by atoms with Crippen LogP contribution in [0.15, 0.2) is 24.3 Å². The number of methoxy groups -OCH3 is 1. The summed E-state index contributed by atoms with van der Waals surface area (Å²) < 4.78 is 4.80. The SMILES string of the molecule is COCC(O)CCNC(=O)CCc1cccc(N)c1. The average molecular weight is 266 g/mol. The summed E-state index contributed by atoms with van der Waals surface area (Å²) in [6.45, 7) is 0.749. The first-order valence-electron chi connectivity index (χ1n) is 6.40. The third-order valence-electron chi connectivity index (χ3n) is 2.75. The van der Waals surface area contributed by atoms with Gasteiger partial charge < -0.3 is 20.9 Å². The second-order valence-electron chi connectivity index (χ2n) is 4.49. The Hall–Kier alpha value is -1.59. The molecule has 0 spiro atoms. The van der Waals surface area contributed by atoms with Gasteiger partial charge in [-0.3, -0.25) is 4.79 Å². The normalized spacial score (nSPS) is 12.1. The molecule has 0 saturated heterocycles. The van der Waals surface area contributed by atoms with Crippen LogP contribution in [0.1, 0.15) is 18.4 Å². The molecule has 1 rings (SSSR count). The fourth-order valence-electron chi connectivity index (χ4n) is 1.75. The van der Waals surface area contributed by atoms with Gasteiger partial charge in [0.1, 0.15) is 0 Å². The van der Waals surface area contributed by atoms with Crippen molar-refractivity contribution in [3.63, 3.8) is 0 Å². The zero-order valence-corrected chi connectivity index (χ0v) is 11.3. The number of carbonyl (C=O) groups is 1. The molecule has 19 heavy (non-hydrogen) atoms. The van der Waals surface area contributed by atoms with Gasteiger partial charge in [0, 0.05) is 25.8 Å². The summed E-state index contributed by atoms with van der Waals surface area (Å²) in [6.07, 6.45) is 1.05. The van der Waals surface area contributed by atoms with Crippen molar-refractivity contribution in [2.75, 3.05) is 26.0 Å². The van der Waals surface area contributed by atoms with Gasteiger partial charge >= 0.3 is 0 Å². The highest BCUT2D eigenvalue weighted by Crippen LogP contribution is 2.08. The first kappa shape index (κ1) is 15.5. The summed E-state index contributed by atoms with van der Waals surface area (Å²) in [6, 6.07) is 7.52. The first-order chi connectivity index (χ1) is 9.11. The summed E-state index contributed by atoms with van der Waals surface area (Å²) >= 11 is 0. The molecule has 0 aliphatic heterocycles. The van der Waals surface area contributed by atoms with E-state index >= 15 is 0 Å². The number of benzene rings is 1. The van der Waals surface area contributed by atoms with E-state index in [9.17, 15) is 9.90 Å². The van der Waals surface area contributed by atoms with Crippen molar-refractivity contribution < 1.29 is 14.6 Å². The minimum Gasteiger partial charge on any atom is -0.399 e. The first-order valence-corrected chi connectivity index (χ1v) is 6.40. The number of carbonyl (C=O) groups excluding carboxylic acids is 1. The molecule has 0 bridgehead atoms. The summed E-state index contributed by atoms with van der Waals surface area (Å²) in [5, 5.41) is 12.2. The maximum absolute atomic E-state index is 11.6. The molecule has 4 N–H and O–H groups in total. The Morgan fingerprint density at radius 1 is 1.53 bits per heavy atom. The van der Waals surface area contributed by atoms with Crippen LogP contribution in [0.4, 0.5) is 5.69 Å². The number of nitrogens with one attached hydrogen (secondary N) is 1. The van der Waals surface area contributed by atoms with Crippen molar-refractivity contribution in [1.29, 1.82) is 0 Å². The monoisotopic (exact) mass is 266 g/mol. The molecule has 5 heteroatoms. The molecular weight excluding hydrogens is 244 g/mol. The second kappa shape index (κ2) is 8.50. The van der Waals surface area contributed by atoms with Gasteiger partial charge in [-0.2, -0.15) is 0 Å². The Labute approximate surface area is 113 Å². The highest BCUT2D eigenvalue weighted by atomic mass is 16.5. The van der Waals surface area contributed by atoms with E-state index in [0.29, 0.717) is 38.1 Å². The van der Waals surface area contributed by atoms with E-state index in [4.69, 9.17) is 10.5 Å². The van der Waals surface area contributed by atoms with Crippen molar-refractivity contribution in [3.8, 4) is 0 Å². The van der Waals surface area contributed by atoms with Crippen molar-refractivity contribution in [1.82, 2.24) is 5.32 Å². The van der Waals surface area contributed by atoms with E-state index in [0.717, 1.165) is 5.56 Å². The van der Waals surface area contributed by atoms with Crippen LogP contribution < -0.4 is 11.1 Å². The number of aliphatic hydroxyl groups excluding tert-OH is 1. The van der Waals surface area contributed by atoms with E-state index in [1.807, 2.05) is 24.3 Å². The number of anilines is 1. The Bertz CT molecular complexity index is 396. The van der Waals surface area contributed by atoms with E-state index in [2.05, 4.69) is 5.32 Å². The number of nitrogen functional groups attached to an aromatic ring is 1. The van der Waals surface area contributed by atoms with Crippen LogP contribution in [0, 0.1) is 0 Å². The lowest BCUT2D eigenvalue weighted by atomic mass is 10.1. The van der Waals surface area contributed by atoms with Gasteiger partial charge in [-0.1, -0.05) is 12.1 Å². The lowest BCUT2D eigenvalue weighted by molar-refractivity contribution is -0.121. The van der Waals surface area contributed by atoms with Crippen molar-refractivity contribution >= 4 is 11.6 Å². The molecule has 5 nitrogen and oxygen atoms in total. The van der Waals surface area contributed by atoms with Crippen LogP contribution >= 0.6 is 0 Å². The summed E-state index contributed by atoms with van der Waals surface area (Å²) in [7, 11) is 1.54. The average Bonchev–Trinajstić information content (AvgIpc) is 2.37. The number of nitrogens with two attached hydrogens (primary N) is 1. The molecule has 0 saturated carbocycles. The second-order valence-corrected chi connectivity index (χ2v) is 4.49. The molecule has 0 radical (unpaired) electrons. The third-order valence-corrected chi connectivity index (χ3v) is 2.75. The molecule has 0 aliphatic carbocycles. The van der Waals surface area contributed by atoms with Crippen LogP contribution in [0.2, 0.25) is 0 Å². The van der Waals surface area contributed by atoms with E-state index < -0.39 is 6.10 Å². The van der Waals surface area contributed by atoms with Gasteiger partial charge in [-0.15, -0.1) is 0 Å². The molecule has 0 aromatic heterocycles. The zero-order chi connectivity index (χ0) is 14.1.